The molecule has 0 spiro atoms. The van der Waals surface area contributed by atoms with E-state index in [4.69, 9.17) is 4.74 Å². The first-order valence-electron chi connectivity index (χ1n) is 5.22. The predicted molar refractivity (Wildman–Crippen MR) is 71.7 cm³/mol. The van der Waals surface area contributed by atoms with Gasteiger partial charge in [0, 0.05) is 17.0 Å². The zero-order valence-electron chi connectivity index (χ0n) is 9.43. The summed E-state index contributed by atoms with van der Waals surface area (Å²) in [5.41, 5.74) is 2.33. The molecule has 1 heterocycles. The van der Waals surface area contributed by atoms with Gasteiger partial charge in [0.15, 0.2) is 0 Å². The molecule has 2 aromatic rings. The Balaban J connectivity index is 2.39. The van der Waals surface area contributed by atoms with Gasteiger partial charge in [0.1, 0.15) is 5.75 Å². The molecule has 0 aliphatic heterocycles. The number of methoxy groups -OCH3 is 1. The van der Waals surface area contributed by atoms with Gasteiger partial charge in [0.25, 0.3) is 5.56 Å². The fourth-order valence-corrected chi connectivity index (χ4v) is 1.82. The third-order valence-electron chi connectivity index (χ3n) is 2.56. The average molecular weight is 247 g/mol. The molecular weight excluding hydrogens is 234 g/mol. The van der Waals surface area contributed by atoms with Gasteiger partial charge in [-0.2, -0.15) is 12.6 Å². The second-order valence-electron chi connectivity index (χ2n) is 3.61. The molecular formula is C13H13NO2S. The molecule has 0 atom stereocenters. The molecule has 0 radical (unpaired) electrons. The van der Waals surface area contributed by atoms with E-state index in [1.165, 1.54) is 0 Å². The van der Waals surface area contributed by atoms with Crippen molar-refractivity contribution in [2.24, 2.45) is 0 Å². The Morgan fingerprint density at radius 1 is 1.18 bits per heavy atom. The van der Waals surface area contributed by atoms with E-state index in [2.05, 4.69) is 17.6 Å². The summed E-state index contributed by atoms with van der Waals surface area (Å²) in [5.74, 6) is 1.24. The Bertz CT molecular complexity index is 560. The second kappa shape index (κ2) is 5.10. The molecule has 0 bridgehead atoms. The zero-order chi connectivity index (χ0) is 12.3. The molecule has 0 unspecified atom stereocenters. The van der Waals surface area contributed by atoms with Crippen LogP contribution in [0.15, 0.2) is 41.2 Å². The summed E-state index contributed by atoms with van der Waals surface area (Å²) in [5, 5.41) is 0. The number of rotatable bonds is 3. The van der Waals surface area contributed by atoms with E-state index in [9.17, 15) is 4.79 Å². The SMILES string of the molecule is COc1ccc(-c2ccc(CS)c(=O)[nH]2)cc1. The third kappa shape index (κ3) is 2.53. The van der Waals surface area contributed by atoms with Crippen molar-refractivity contribution in [3.8, 4) is 17.0 Å². The second-order valence-corrected chi connectivity index (χ2v) is 3.93. The molecule has 17 heavy (non-hydrogen) atoms. The summed E-state index contributed by atoms with van der Waals surface area (Å²) in [6.45, 7) is 0. The minimum atomic E-state index is -0.0895. The molecule has 0 fully saturated rings. The van der Waals surface area contributed by atoms with E-state index in [0.29, 0.717) is 11.3 Å². The first-order valence-corrected chi connectivity index (χ1v) is 5.85. The highest BCUT2D eigenvalue weighted by molar-refractivity contribution is 7.79. The van der Waals surface area contributed by atoms with Crippen molar-refractivity contribution >= 4 is 12.6 Å². The minimum absolute atomic E-state index is 0.0895. The van der Waals surface area contributed by atoms with E-state index >= 15 is 0 Å². The Labute approximate surface area is 105 Å². The smallest absolute Gasteiger partial charge is 0.252 e. The van der Waals surface area contributed by atoms with Crippen LogP contribution in [0, 0.1) is 0 Å². The van der Waals surface area contributed by atoms with E-state index in [1.807, 2.05) is 30.3 Å². The number of pyridine rings is 1. The maximum Gasteiger partial charge on any atom is 0.252 e. The highest BCUT2D eigenvalue weighted by atomic mass is 32.1. The summed E-state index contributed by atoms with van der Waals surface area (Å²) in [7, 11) is 1.62. The highest BCUT2D eigenvalue weighted by Gasteiger charge is 2.02. The number of hydrogen-bond acceptors (Lipinski definition) is 3. The zero-order valence-corrected chi connectivity index (χ0v) is 10.3. The van der Waals surface area contributed by atoms with Crippen LogP contribution in [0.2, 0.25) is 0 Å². The summed E-state index contributed by atoms with van der Waals surface area (Å²) < 4.78 is 5.08. The van der Waals surface area contributed by atoms with Crippen LogP contribution < -0.4 is 10.3 Å². The van der Waals surface area contributed by atoms with Crippen LogP contribution in [0.3, 0.4) is 0 Å². The number of aromatic amines is 1. The summed E-state index contributed by atoms with van der Waals surface area (Å²) in [6, 6.07) is 11.2. The third-order valence-corrected chi connectivity index (χ3v) is 2.90. The molecule has 3 nitrogen and oxygen atoms in total. The maximum absolute atomic E-state index is 11.6. The molecule has 1 aromatic heterocycles. The van der Waals surface area contributed by atoms with Gasteiger partial charge in [-0.05, 0) is 35.9 Å². The van der Waals surface area contributed by atoms with Crippen LogP contribution in [0.25, 0.3) is 11.3 Å². The van der Waals surface area contributed by atoms with Crippen LogP contribution in [0.1, 0.15) is 5.56 Å². The summed E-state index contributed by atoms with van der Waals surface area (Å²) in [4.78, 5) is 14.5. The number of ether oxygens (including phenoxy) is 1. The molecule has 0 aliphatic rings. The van der Waals surface area contributed by atoms with E-state index < -0.39 is 0 Å². The molecule has 0 saturated carbocycles. The first-order chi connectivity index (χ1) is 8.24. The lowest BCUT2D eigenvalue weighted by molar-refractivity contribution is 0.415. The van der Waals surface area contributed by atoms with Gasteiger partial charge >= 0.3 is 0 Å². The Morgan fingerprint density at radius 2 is 1.88 bits per heavy atom. The molecule has 1 N–H and O–H groups in total. The lowest BCUT2D eigenvalue weighted by atomic mass is 10.1. The van der Waals surface area contributed by atoms with Gasteiger partial charge in [0.2, 0.25) is 0 Å². The number of H-pyrrole nitrogens is 1. The molecule has 0 aliphatic carbocycles. The monoisotopic (exact) mass is 247 g/mol. The van der Waals surface area contributed by atoms with E-state index in [-0.39, 0.29) is 5.56 Å². The first kappa shape index (κ1) is 11.8. The van der Waals surface area contributed by atoms with E-state index in [1.54, 1.807) is 13.2 Å². The van der Waals surface area contributed by atoms with Gasteiger partial charge in [-0.15, -0.1) is 0 Å². The lowest BCUT2D eigenvalue weighted by Crippen LogP contribution is -2.11. The van der Waals surface area contributed by atoms with Gasteiger partial charge in [-0.25, -0.2) is 0 Å². The van der Waals surface area contributed by atoms with Crippen molar-refractivity contribution in [1.29, 1.82) is 0 Å². The number of aromatic nitrogens is 1. The van der Waals surface area contributed by atoms with Crippen molar-refractivity contribution in [2.45, 2.75) is 5.75 Å². The molecule has 4 heteroatoms. The van der Waals surface area contributed by atoms with Gasteiger partial charge in [-0.3, -0.25) is 4.79 Å². The van der Waals surface area contributed by atoms with Crippen LogP contribution in [-0.4, -0.2) is 12.1 Å². The van der Waals surface area contributed by atoms with E-state index in [0.717, 1.165) is 17.0 Å². The molecule has 0 saturated heterocycles. The molecule has 2 rings (SSSR count). The molecule has 1 aromatic carbocycles. The predicted octanol–water partition coefficient (Wildman–Crippen LogP) is 2.48. The maximum atomic E-state index is 11.6. The van der Waals surface area contributed by atoms with Crippen molar-refractivity contribution in [3.63, 3.8) is 0 Å². The van der Waals surface area contributed by atoms with Crippen LogP contribution in [0.4, 0.5) is 0 Å². The Morgan fingerprint density at radius 3 is 2.41 bits per heavy atom. The minimum Gasteiger partial charge on any atom is -0.497 e. The quantitative estimate of drug-likeness (QED) is 0.818. The summed E-state index contributed by atoms with van der Waals surface area (Å²) >= 11 is 4.09. The van der Waals surface area contributed by atoms with Gasteiger partial charge < -0.3 is 9.72 Å². The van der Waals surface area contributed by atoms with Crippen LogP contribution in [-0.2, 0) is 5.75 Å². The van der Waals surface area contributed by atoms with Gasteiger partial charge in [0.05, 0.1) is 7.11 Å². The summed E-state index contributed by atoms with van der Waals surface area (Å²) in [6.07, 6.45) is 0. The molecule has 0 amide bonds. The van der Waals surface area contributed by atoms with Gasteiger partial charge in [-0.1, -0.05) is 6.07 Å². The number of nitrogens with one attached hydrogen (secondary N) is 1. The van der Waals surface area contributed by atoms with Crippen LogP contribution in [0.5, 0.6) is 5.75 Å². The highest BCUT2D eigenvalue weighted by Crippen LogP contribution is 2.19. The standard InChI is InChI=1S/C13H13NO2S/c1-16-11-5-2-9(3-6-11)12-7-4-10(8-17)13(15)14-12/h2-7,17H,8H2,1H3,(H,14,15). The Hall–Kier alpha value is -1.68. The Kier molecular flexibility index (Phi) is 3.54. The fourth-order valence-electron chi connectivity index (χ4n) is 1.57. The fraction of sp³-hybridized carbons (Fsp3) is 0.154. The van der Waals surface area contributed by atoms with Crippen molar-refractivity contribution in [3.05, 3.63) is 52.3 Å². The lowest BCUT2D eigenvalue weighted by Gasteiger charge is -2.04. The topological polar surface area (TPSA) is 42.1 Å². The van der Waals surface area contributed by atoms with Crippen molar-refractivity contribution in [1.82, 2.24) is 4.98 Å². The largest absolute Gasteiger partial charge is 0.497 e. The van der Waals surface area contributed by atoms with Crippen molar-refractivity contribution < 1.29 is 4.74 Å². The average Bonchev–Trinajstić information content (AvgIpc) is 2.39. The normalized spacial score (nSPS) is 10.2. The number of thiol groups is 1. The molecule has 88 valence electrons. The number of hydrogen-bond donors (Lipinski definition) is 2. The van der Waals surface area contributed by atoms with Crippen molar-refractivity contribution in [2.75, 3.05) is 7.11 Å². The number of benzene rings is 1. The van der Waals surface area contributed by atoms with Crippen LogP contribution >= 0.6 is 12.6 Å².